The fraction of sp³-hybridized carbons (Fsp3) is 0.818. The van der Waals surface area contributed by atoms with Crippen LogP contribution in [0.2, 0.25) is 0 Å². The standard InChI is InChI=1S/C6H13.C5H11.Y/c1-4-6(3)5-2;1-3-5-4-2;/h6H,1,4-5H2,2-3H3;1,3-5H2,2H3;/q2*-1;. The van der Waals surface area contributed by atoms with Crippen molar-refractivity contribution in [2.24, 2.45) is 5.92 Å². The number of rotatable bonds is 4. The Morgan fingerprint density at radius 2 is 1.67 bits per heavy atom. The van der Waals surface area contributed by atoms with Gasteiger partial charge < -0.3 is 13.8 Å². The maximum absolute atomic E-state index is 3.76. The van der Waals surface area contributed by atoms with Crippen molar-refractivity contribution in [1.29, 1.82) is 0 Å². The molecule has 0 nitrogen and oxygen atoms in total. The largest absolute Gasteiger partial charge is 0.343 e. The predicted molar refractivity (Wildman–Crippen MR) is 54.3 cm³/mol. The number of unbranched alkanes of at least 4 members (excludes halogenated alkanes) is 2. The Morgan fingerprint density at radius 1 is 1.17 bits per heavy atom. The SMILES string of the molecule is [CH2-]CC(C)CC.[CH2-]CCCC.[Y]. The van der Waals surface area contributed by atoms with Crippen LogP contribution in [-0.2, 0) is 32.7 Å². The molecule has 0 saturated carbocycles. The van der Waals surface area contributed by atoms with Gasteiger partial charge in [-0.3, -0.25) is 0 Å². The van der Waals surface area contributed by atoms with Gasteiger partial charge in [-0.1, -0.05) is 46.0 Å². The minimum Gasteiger partial charge on any atom is -0.343 e. The molecule has 1 atom stereocenters. The van der Waals surface area contributed by atoms with Crippen molar-refractivity contribution < 1.29 is 32.7 Å². The van der Waals surface area contributed by atoms with Crippen LogP contribution in [0.25, 0.3) is 0 Å². The Labute approximate surface area is 105 Å². The van der Waals surface area contributed by atoms with Crippen LogP contribution in [0.3, 0.4) is 0 Å². The van der Waals surface area contributed by atoms with E-state index in [4.69, 9.17) is 0 Å². The molecule has 0 amide bonds. The van der Waals surface area contributed by atoms with Crippen molar-refractivity contribution in [3.63, 3.8) is 0 Å². The van der Waals surface area contributed by atoms with Crippen molar-refractivity contribution in [3.8, 4) is 0 Å². The van der Waals surface area contributed by atoms with E-state index in [1.807, 2.05) is 0 Å². The first-order valence-electron chi connectivity index (χ1n) is 4.81. The van der Waals surface area contributed by atoms with Crippen LogP contribution in [0.5, 0.6) is 0 Å². The van der Waals surface area contributed by atoms with Gasteiger partial charge in [0.1, 0.15) is 0 Å². The molecule has 1 heteroatoms. The molecule has 73 valence electrons. The third-order valence-corrected chi connectivity index (χ3v) is 1.79. The molecule has 0 aromatic carbocycles. The molecule has 0 aromatic rings. The molecular weight excluding hydrogens is 221 g/mol. The molecule has 1 unspecified atom stereocenters. The van der Waals surface area contributed by atoms with Crippen molar-refractivity contribution in [2.45, 2.75) is 52.9 Å². The van der Waals surface area contributed by atoms with Crippen LogP contribution in [0.1, 0.15) is 52.9 Å². The smallest absolute Gasteiger partial charge is 0 e. The van der Waals surface area contributed by atoms with E-state index in [1.54, 1.807) is 0 Å². The Morgan fingerprint density at radius 3 is 1.67 bits per heavy atom. The molecule has 0 fully saturated rings. The van der Waals surface area contributed by atoms with Gasteiger partial charge in [0, 0.05) is 32.7 Å². The predicted octanol–water partition coefficient (Wildman–Crippen LogP) is 4.26. The molecule has 0 heterocycles. The van der Waals surface area contributed by atoms with E-state index in [0.29, 0.717) is 0 Å². The molecule has 0 aromatic heterocycles. The minimum absolute atomic E-state index is 0. The van der Waals surface area contributed by atoms with Gasteiger partial charge >= 0.3 is 0 Å². The van der Waals surface area contributed by atoms with Crippen LogP contribution >= 0.6 is 0 Å². The van der Waals surface area contributed by atoms with Crippen molar-refractivity contribution in [2.75, 3.05) is 0 Å². The Kier molecular flexibility index (Phi) is 28.2. The molecular formula is C11H24Y-2. The van der Waals surface area contributed by atoms with Gasteiger partial charge in [-0.2, -0.15) is 12.8 Å². The summed E-state index contributed by atoms with van der Waals surface area (Å²) in [5.41, 5.74) is 0. The van der Waals surface area contributed by atoms with Gasteiger partial charge in [0.25, 0.3) is 0 Å². The first-order chi connectivity index (χ1) is 5.22. The molecule has 0 saturated heterocycles. The first kappa shape index (κ1) is 18.8. The van der Waals surface area contributed by atoms with E-state index in [0.717, 1.165) is 18.8 Å². The number of hydrogen-bond donors (Lipinski definition) is 0. The van der Waals surface area contributed by atoms with E-state index in [9.17, 15) is 0 Å². The maximum atomic E-state index is 3.76. The Hall–Kier alpha value is 1.10. The van der Waals surface area contributed by atoms with Gasteiger partial charge in [0.05, 0.1) is 0 Å². The van der Waals surface area contributed by atoms with Gasteiger partial charge in [-0.25, -0.2) is 0 Å². The monoisotopic (exact) mass is 245 g/mol. The second-order valence-corrected chi connectivity index (χ2v) is 3.01. The van der Waals surface area contributed by atoms with Gasteiger partial charge in [0.2, 0.25) is 0 Å². The number of hydrogen-bond acceptors (Lipinski definition) is 0. The molecule has 0 aliphatic carbocycles. The Bertz CT molecular complexity index is 47.0. The van der Waals surface area contributed by atoms with E-state index in [1.165, 1.54) is 19.3 Å². The zero-order chi connectivity index (χ0) is 9.11. The molecule has 12 heavy (non-hydrogen) atoms. The molecule has 1 radical (unpaired) electrons. The summed E-state index contributed by atoms with van der Waals surface area (Å²) in [7, 11) is 0. The molecule has 0 bridgehead atoms. The van der Waals surface area contributed by atoms with Crippen molar-refractivity contribution >= 4 is 0 Å². The summed E-state index contributed by atoms with van der Waals surface area (Å²) >= 11 is 0. The fourth-order valence-corrected chi connectivity index (χ4v) is 0.454. The second kappa shape index (κ2) is 18.0. The quantitative estimate of drug-likeness (QED) is 0.649. The summed E-state index contributed by atoms with van der Waals surface area (Å²) in [5.74, 6) is 0.824. The third kappa shape index (κ3) is 22.5. The molecule has 0 aliphatic heterocycles. The molecule has 0 spiro atoms. The van der Waals surface area contributed by atoms with E-state index >= 15 is 0 Å². The Balaban J connectivity index is -0.000000126. The van der Waals surface area contributed by atoms with Crippen LogP contribution < -0.4 is 0 Å². The van der Waals surface area contributed by atoms with E-state index < -0.39 is 0 Å². The zero-order valence-corrected chi connectivity index (χ0v) is 11.9. The molecule has 0 rings (SSSR count). The van der Waals surface area contributed by atoms with Crippen molar-refractivity contribution in [3.05, 3.63) is 13.8 Å². The summed E-state index contributed by atoms with van der Waals surface area (Å²) in [5, 5.41) is 0. The van der Waals surface area contributed by atoms with Crippen molar-refractivity contribution in [1.82, 2.24) is 0 Å². The van der Waals surface area contributed by atoms with Gasteiger partial charge in [-0.05, 0) is 0 Å². The zero-order valence-electron chi connectivity index (χ0n) is 9.10. The summed E-state index contributed by atoms with van der Waals surface area (Å²) in [4.78, 5) is 0. The second-order valence-electron chi connectivity index (χ2n) is 3.01. The normalized spacial score (nSPS) is 10.8. The summed E-state index contributed by atoms with van der Waals surface area (Å²) < 4.78 is 0. The summed E-state index contributed by atoms with van der Waals surface area (Å²) in [6, 6.07) is 0. The van der Waals surface area contributed by atoms with Crippen LogP contribution in [0.4, 0.5) is 0 Å². The summed E-state index contributed by atoms with van der Waals surface area (Å²) in [6.07, 6.45) is 6.00. The van der Waals surface area contributed by atoms with E-state index in [-0.39, 0.29) is 32.7 Å². The summed E-state index contributed by atoms with van der Waals surface area (Å²) in [6.45, 7) is 14.0. The topological polar surface area (TPSA) is 0 Å². The van der Waals surface area contributed by atoms with Crippen LogP contribution in [0.15, 0.2) is 0 Å². The molecule has 0 N–H and O–H groups in total. The van der Waals surface area contributed by atoms with Crippen LogP contribution in [-0.4, -0.2) is 0 Å². The maximum Gasteiger partial charge on any atom is 0 e. The van der Waals surface area contributed by atoms with Crippen LogP contribution in [0, 0.1) is 19.8 Å². The third-order valence-electron chi connectivity index (χ3n) is 1.79. The van der Waals surface area contributed by atoms with Gasteiger partial charge in [0.15, 0.2) is 0 Å². The minimum atomic E-state index is 0. The van der Waals surface area contributed by atoms with Gasteiger partial charge in [-0.15, -0.1) is 0 Å². The fourth-order valence-electron chi connectivity index (χ4n) is 0.454. The first-order valence-corrected chi connectivity index (χ1v) is 4.81. The van der Waals surface area contributed by atoms with E-state index in [2.05, 4.69) is 34.6 Å². The average molecular weight is 245 g/mol. The molecule has 0 aliphatic rings. The average Bonchev–Trinajstić information content (AvgIpc) is 2.06.